The molecule has 1 aromatic heterocycles. The number of ether oxygens (including phenoxy) is 1. The second-order valence-electron chi connectivity index (χ2n) is 7.18. The predicted molar refractivity (Wildman–Crippen MR) is 120 cm³/mol. The number of aryl methyl sites for hydroxylation is 2. The average molecular weight is 418 g/mol. The van der Waals surface area contributed by atoms with Crippen molar-refractivity contribution in [3.05, 3.63) is 94.6 Å². The summed E-state index contributed by atoms with van der Waals surface area (Å²) in [4.78, 5) is 25.5. The molecule has 2 aromatic carbocycles. The van der Waals surface area contributed by atoms with Crippen LogP contribution in [0.4, 0.5) is 0 Å². The third-order valence-corrected chi connectivity index (χ3v) is 4.95. The van der Waals surface area contributed by atoms with Crippen LogP contribution in [0.25, 0.3) is 6.08 Å². The summed E-state index contributed by atoms with van der Waals surface area (Å²) in [7, 11) is 1.62. The van der Waals surface area contributed by atoms with Crippen molar-refractivity contribution >= 4 is 17.9 Å². The lowest BCUT2D eigenvalue weighted by molar-refractivity contribution is -0.117. The van der Waals surface area contributed by atoms with E-state index in [-0.39, 0.29) is 17.5 Å². The van der Waals surface area contributed by atoms with Crippen molar-refractivity contribution in [2.45, 2.75) is 20.3 Å². The van der Waals surface area contributed by atoms with Gasteiger partial charge in [0.2, 0.25) is 0 Å². The monoisotopic (exact) mass is 418 g/mol. The molecule has 0 fully saturated rings. The van der Waals surface area contributed by atoms with Crippen molar-refractivity contribution in [1.29, 1.82) is 0 Å². The van der Waals surface area contributed by atoms with Crippen molar-refractivity contribution in [3.8, 4) is 5.75 Å². The SMILES string of the molecule is COc1ccc(CCNC(=O)/C(=C/c2ccco2)NC(=O)c2ccc(C)c(C)c2)cc1. The minimum atomic E-state index is -0.387. The number of benzene rings is 2. The Morgan fingerprint density at radius 1 is 1.03 bits per heavy atom. The van der Waals surface area contributed by atoms with E-state index in [9.17, 15) is 9.59 Å². The first kappa shape index (κ1) is 21.9. The minimum absolute atomic E-state index is 0.118. The summed E-state index contributed by atoms with van der Waals surface area (Å²) < 4.78 is 10.5. The molecule has 3 rings (SSSR count). The Morgan fingerprint density at radius 2 is 1.81 bits per heavy atom. The Bertz CT molecular complexity index is 1070. The fraction of sp³-hybridized carbons (Fsp3) is 0.200. The normalized spacial score (nSPS) is 11.1. The average Bonchev–Trinajstić information content (AvgIpc) is 3.28. The summed E-state index contributed by atoms with van der Waals surface area (Å²) in [6, 6.07) is 16.5. The maximum absolute atomic E-state index is 12.8. The molecule has 3 aromatic rings. The summed E-state index contributed by atoms with van der Waals surface area (Å²) >= 11 is 0. The van der Waals surface area contributed by atoms with Gasteiger partial charge in [0.05, 0.1) is 13.4 Å². The summed E-state index contributed by atoms with van der Waals surface area (Å²) in [5.41, 5.74) is 3.77. The number of hydrogen-bond acceptors (Lipinski definition) is 4. The minimum Gasteiger partial charge on any atom is -0.497 e. The molecule has 6 nitrogen and oxygen atoms in total. The van der Waals surface area contributed by atoms with Crippen LogP contribution in [0.5, 0.6) is 5.75 Å². The van der Waals surface area contributed by atoms with E-state index in [0.717, 1.165) is 22.4 Å². The fourth-order valence-corrected chi connectivity index (χ4v) is 2.96. The second-order valence-corrected chi connectivity index (χ2v) is 7.18. The Kier molecular flexibility index (Phi) is 7.27. The zero-order valence-corrected chi connectivity index (χ0v) is 17.9. The van der Waals surface area contributed by atoms with Gasteiger partial charge >= 0.3 is 0 Å². The molecule has 160 valence electrons. The quantitative estimate of drug-likeness (QED) is 0.541. The lowest BCUT2D eigenvalue weighted by Gasteiger charge is -2.12. The van der Waals surface area contributed by atoms with Crippen molar-refractivity contribution in [2.24, 2.45) is 0 Å². The summed E-state index contributed by atoms with van der Waals surface area (Å²) in [6.45, 7) is 4.34. The van der Waals surface area contributed by atoms with Gasteiger partial charge < -0.3 is 19.8 Å². The van der Waals surface area contributed by atoms with Crippen molar-refractivity contribution in [3.63, 3.8) is 0 Å². The van der Waals surface area contributed by atoms with Crippen LogP contribution in [0.2, 0.25) is 0 Å². The van der Waals surface area contributed by atoms with Gasteiger partial charge in [-0.15, -0.1) is 0 Å². The number of carbonyl (C=O) groups excluding carboxylic acids is 2. The van der Waals surface area contributed by atoms with Gasteiger partial charge in [-0.1, -0.05) is 18.2 Å². The fourth-order valence-electron chi connectivity index (χ4n) is 2.96. The van der Waals surface area contributed by atoms with Crippen LogP contribution in [0, 0.1) is 13.8 Å². The molecular formula is C25H26N2O4. The first-order chi connectivity index (χ1) is 15.0. The van der Waals surface area contributed by atoms with Crippen molar-refractivity contribution < 1.29 is 18.7 Å². The standard InChI is InChI=1S/C25H26N2O4/c1-17-6-9-20(15-18(17)2)24(28)27-23(16-22-5-4-14-31-22)25(29)26-13-12-19-7-10-21(30-3)11-8-19/h4-11,14-16H,12-13H2,1-3H3,(H,26,29)(H,27,28)/b23-16-. The molecule has 0 spiro atoms. The van der Waals surface area contributed by atoms with Crippen LogP contribution in [-0.4, -0.2) is 25.5 Å². The third kappa shape index (κ3) is 6.09. The van der Waals surface area contributed by atoms with Crippen molar-refractivity contribution in [2.75, 3.05) is 13.7 Å². The molecule has 0 aliphatic rings. The molecule has 0 radical (unpaired) electrons. The summed E-state index contributed by atoms with van der Waals surface area (Å²) in [6.07, 6.45) is 3.67. The predicted octanol–water partition coefficient (Wildman–Crippen LogP) is 4.03. The van der Waals surface area contributed by atoms with Crippen LogP contribution in [0.1, 0.15) is 32.8 Å². The number of methoxy groups -OCH3 is 1. The van der Waals surface area contributed by atoms with Crippen LogP contribution in [0.15, 0.2) is 71.0 Å². The number of hydrogen-bond donors (Lipinski definition) is 2. The van der Waals surface area contributed by atoms with E-state index in [2.05, 4.69) is 10.6 Å². The molecular weight excluding hydrogens is 392 g/mol. The van der Waals surface area contributed by atoms with E-state index >= 15 is 0 Å². The highest BCUT2D eigenvalue weighted by atomic mass is 16.5. The van der Waals surface area contributed by atoms with Gasteiger partial charge in [0.25, 0.3) is 11.8 Å². The van der Waals surface area contributed by atoms with Crippen LogP contribution >= 0.6 is 0 Å². The van der Waals surface area contributed by atoms with Crippen LogP contribution in [0.3, 0.4) is 0 Å². The Labute approximate surface area is 181 Å². The van der Waals surface area contributed by atoms with E-state index in [1.165, 1.54) is 12.3 Å². The molecule has 2 N–H and O–H groups in total. The summed E-state index contributed by atoms with van der Waals surface area (Å²) in [5.74, 6) is 0.513. The van der Waals surface area contributed by atoms with Gasteiger partial charge in [-0.25, -0.2) is 0 Å². The molecule has 0 saturated heterocycles. The number of carbonyl (C=O) groups is 2. The molecule has 0 saturated carbocycles. The smallest absolute Gasteiger partial charge is 0.267 e. The molecule has 0 aliphatic carbocycles. The molecule has 31 heavy (non-hydrogen) atoms. The largest absolute Gasteiger partial charge is 0.497 e. The number of rotatable bonds is 8. The van der Waals surface area contributed by atoms with Crippen LogP contribution < -0.4 is 15.4 Å². The first-order valence-corrected chi connectivity index (χ1v) is 10.0. The van der Waals surface area contributed by atoms with E-state index in [0.29, 0.717) is 24.3 Å². The molecule has 0 aliphatic heterocycles. The summed E-state index contributed by atoms with van der Waals surface area (Å²) in [5, 5.41) is 5.57. The molecule has 0 atom stereocenters. The maximum Gasteiger partial charge on any atom is 0.267 e. The highest BCUT2D eigenvalue weighted by Crippen LogP contribution is 2.13. The van der Waals surface area contributed by atoms with Crippen molar-refractivity contribution in [1.82, 2.24) is 10.6 Å². The molecule has 6 heteroatoms. The van der Waals surface area contributed by atoms with Crippen LogP contribution in [-0.2, 0) is 11.2 Å². The molecule has 0 bridgehead atoms. The highest BCUT2D eigenvalue weighted by molar-refractivity contribution is 6.05. The van der Waals surface area contributed by atoms with E-state index in [1.54, 1.807) is 31.4 Å². The lowest BCUT2D eigenvalue weighted by atomic mass is 10.1. The van der Waals surface area contributed by atoms with Gasteiger partial charge in [-0.05, 0) is 73.4 Å². The van der Waals surface area contributed by atoms with Gasteiger partial charge in [-0.2, -0.15) is 0 Å². The van der Waals surface area contributed by atoms with Gasteiger partial charge in [0.1, 0.15) is 17.2 Å². The van der Waals surface area contributed by atoms with E-state index < -0.39 is 0 Å². The molecule has 1 heterocycles. The third-order valence-electron chi connectivity index (χ3n) is 4.95. The highest BCUT2D eigenvalue weighted by Gasteiger charge is 2.15. The number of nitrogens with one attached hydrogen (secondary N) is 2. The van der Waals surface area contributed by atoms with Gasteiger partial charge in [0, 0.05) is 18.2 Å². The maximum atomic E-state index is 12.8. The second kappa shape index (κ2) is 10.3. The number of amides is 2. The Balaban J connectivity index is 1.68. The molecule has 0 unspecified atom stereocenters. The number of furan rings is 1. The van der Waals surface area contributed by atoms with Gasteiger partial charge in [-0.3, -0.25) is 9.59 Å². The van der Waals surface area contributed by atoms with E-state index in [1.807, 2.05) is 44.2 Å². The molecule has 2 amide bonds. The first-order valence-electron chi connectivity index (χ1n) is 10.0. The Morgan fingerprint density at radius 3 is 2.45 bits per heavy atom. The van der Waals surface area contributed by atoms with E-state index in [4.69, 9.17) is 9.15 Å². The van der Waals surface area contributed by atoms with Gasteiger partial charge in [0.15, 0.2) is 0 Å². The topological polar surface area (TPSA) is 80.6 Å². The zero-order chi connectivity index (χ0) is 22.2. The zero-order valence-electron chi connectivity index (χ0n) is 17.9. The Hall–Kier alpha value is -3.80. The lowest BCUT2D eigenvalue weighted by Crippen LogP contribution is -2.35.